The lowest BCUT2D eigenvalue weighted by Gasteiger charge is -2.35. The average Bonchev–Trinajstić information content (AvgIpc) is 2.28. The van der Waals surface area contributed by atoms with E-state index < -0.39 is 0 Å². The van der Waals surface area contributed by atoms with Crippen molar-refractivity contribution in [2.45, 2.75) is 38.3 Å². The van der Waals surface area contributed by atoms with Gasteiger partial charge < -0.3 is 4.74 Å². The highest BCUT2D eigenvalue weighted by molar-refractivity contribution is 5.75. The van der Waals surface area contributed by atoms with Crippen LogP contribution >= 0.6 is 0 Å². The molecular formula is C10H21N3O2. The summed E-state index contributed by atoms with van der Waals surface area (Å²) in [5.41, 5.74) is 2.16. The first-order chi connectivity index (χ1) is 7.17. The van der Waals surface area contributed by atoms with Gasteiger partial charge in [-0.3, -0.25) is 15.1 Å². The predicted octanol–water partition coefficient (Wildman–Crippen LogP) is -0.134. The third-order valence-electron chi connectivity index (χ3n) is 3.01. The fraction of sp³-hybridized carbons (Fsp3) is 0.900. The van der Waals surface area contributed by atoms with Crippen LogP contribution in [0.4, 0.5) is 0 Å². The van der Waals surface area contributed by atoms with E-state index in [0.717, 1.165) is 25.9 Å². The van der Waals surface area contributed by atoms with Gasteiger partial charge in [-0.05, 0) is 26.3 Å². The number of carbonyl (C=O) groups excluding carboxylic acids is 1. The van der Waals surface area contributed by atoms with E-state index in [1.54, 1.807) is 7.11 Å². The standard InChI is InChI=1S/C10H21N3O2/c1-8(6-10(14)12-11)13-5-3-4-9(7-13)15-2/h8-9H,3-7,11H2,1-2H3,(H,12,14). The van der Waals surface area contributed by atoms with Crippen LogP contribution in [0.15, 0.2) is 0 Å². The van der Waals surface area contributed by atoms with Crippen LogP contribution in [0, 0.1) is 0 Å². The molecule has 1 amide bonds. The van der Waals surface area contributed by atoms with Gasteiger partial charge in [-0.25, -0.2) is 5.84 Å². The first-order valence-corrected chi connectivity index (χ1v) is 5.43. The number of nitrogens with zero attached hydrogens (tertiary/aromatic N) is 1. The van der Waals surface area contributed by atoms with Crippen molar-refractivity contribution in [3.8, 4) is 0 Å². The van der Waals surface area contributed by atoms with Crippen molar-refractivity contribution >= 4 is 5.91 Å². The summed E-state index contributed by atoms with van der Waals surface area (Å²) in [5.74, 6) is 4.95. The Morgan fingerprint density at radius 1 is 1.73 bits per heavy atom. The van der Waals surface area contributed by atoms with Crippen LogP contribution in [0.5, 0.6) is 0 Å². The number of likely N-dealkylation sites (tertiary alicyclic amines) is 1. The molecule has 0 aromatic rings. The van der Waals surface area contributed by atoms with Crippen molar-refractivity contribution in [2.24, 2.45) is 5.84 Å². The molecule has 0 aromatic carbocycles. The maximum atomic E-state index is 11.1. The van der Waals surface area contributed by atoms with Crippen LogP contribution in [0.25, 0.3) is 0 Å². The van der Waals surface area contributed by atoms with Crippen LogP contribution in [-0.4, -0.2) is 43.2 Å². The van der Waals surface area contributed by atoms with E-state index in [0.29, 0.717) is 12.5 Å². The minimum atomic E-state index is -0.109. The summed E-state index contributed by atoms with van der Waals surface area (Å²) in [7, 11) is 1.74. The van der Waals surface area contributed by atoms with Crippen molar-refractivity contribution in [3.05, 3.63) is 0 Å². The number of hydrazine groups is 1. The topological polar surface area (TPSA) is 67.6 Å². The minimum Gasteiger partial charge on any atom is -0.380 e. The highest BCUT2D eigenvalue weighted by Crippen LogP contribution is 2.16. The summed E-state index contributed by atoms with van der Waals surface area (Å²) >= 11 is 0. The Morgan fingerprint density at radius 3 is 3.07 bits per heavy atom. The number of amides is 1. The maximum absolute atomic E-state index is 11.1. The Morgan fingerprint density at radius 2 is 2.47 bits per heavy atom. The zero-order chi connectivity index (χ0) is 11.3. The number of piperidine rings is 1. The number of hydrogen-bond acceptors (Lipinski definition) is 4. The molecule has 0 bridgehead atoms. The second-order valence-corrected chi connectivity index (χ2v) is 4.12. The van der Waals surface area contributed by atoms with Crippen LogP contribution in [-0.2, 0) is 9.53 Å². The first kappa shape index (κ1) is 12.4. The highest BCUT2D eigenvalue weighted by Gasteiger charge is 2.24. The number of methoxy groups -OCH3 is 1. The third kappa shape index (κ3) is 3.77. The zero-order valence-electron chi connectivity index (χ0n) is 9.53. The Hall–Kier alpha value is -0.650. The number of ether oxygens (including phenoxy) is 1. The fourth-order valence-corrected chi connectivity index (χ4v) is 2.02. The molecule has 2 atom stereocenters. The van der Waals surface area contributed by atoms with Gasteiger partial charge in [-0.15, -0.1) is 0 Å². The van der Waals surface area contributed by atoms with Gasteiger partial charge in [0.2, 0.25) is 5.91 Å². The van der Waals surface area contributed by atoms with Gasteiger partial charge in [0.1, 0.15) is 0 Å². The molecule has 15 heavy (non-hydrogen) atoms. The predicted molar refractivity (Wildman–Crippen MR) is 58.0 cm³/mol. The number of carbonyl (C=O) groups is 1. The molecule has 1 aliphatic rings. The van der Waals surface area contributed by atoms with Crippen molar-refractivity contribution in [1.82, 2.24) is 10.3 Å². The molecule has 2 unspecified atom stereocenters. The van der Waals surface area contributed by atoms with Crippen molar-refractivity contribution < 1.29 is 9.53 Å². The lowest BCUT2D eigenvalue weighted by atomic mass is 10.0. The van der Waals surface area contributed by atoms with Gasteiger partial charge in [0, 0.05) is 26.1 Å². The van der Waals surface area contributed by atoms with E-state index in [-0.39, 0.29) is 11.9 Å². The van der Waals surface area contributed by atoms with Gasteiger partial charge in [0.15, 0.2) is 0 Å². The molecular weight excluding hydrogens is 194 g/mol. The molecule has 0 aliphatic carbocycles. The largest absolute Gasteiger partial charge is 0.380 e. The minimum absolute atomic E-state index is 0.109. The van der Waals surface area contributed by atoms with Crippen molar-refractivity contribution in [2.75, 3.05) is 20.2 Å². The third-order valence-corrected chi connectivity index (χ3v) is 3.01. The summed E-state index contributed by atoms with van der Waals surface area (Å²) in [4.78, 5) is 13.4. The monoisotopic (exact) mass is 215 g/mol. The molecule has 0 saturated carbocycles. The molecule has 1 aliphatic heterocycles. The normalized spacial score (nSPS) is 24.9. The molecule has 1 rings (SSSR count). The van der Waals surface area contributed by atoms with Gasteiger partial charge in [0.25, 0.3) is 0 Å². The lowest BCUT2D eigenvalue weighted by molar-refractivity contribution is -0.122. The smallest absolute Gasteiger partial charge is 0.235 e. The summed E-state index contributed by atoms with van der Waals surface area (Å²) in [6.07, 6.45) is 3.00. The highest BCUT2D eigenvalue weighted by atomic mass is 16.5. The Labute approximate surface area is 90.9 Å². The van der Waals surface area contributed by atoms with Crippen LogP contribution in [0.2, 0.25) is 0 Å². The lowest BCUT2D eigenvalue weighted by Crippen LogP contribution is -2.46. The number of nitrogens with two attached hydrogens (primary N) is 1. The van der Waals surface area contributed by atoms with Crippen LogP contribution in [0.3, 0.4) is 0 Å². The Kier molecular flexibility index (Phi) is 5.01. The molecule has 3 N–H and O–H groups in total. The number of rotatable bonds is 4. The molecule has 0 radical (unpaired) electrons. The number of nitrogens with one attached hydrogen (secondary N) is 1. The molecule has 0 spiro atoms. The quantitative estimate of drug-likeness (QED) is 0.389. The van der Waals surface area contributed by atoms with E-state index in [1.807, 2.05) is 6.92 Å². The van der Waals surface area contributed by atoms with E-state index in [1.165, 1.54) is 0 Å². The van der Waals surface area contributed by atoms with Crippen LogP contribution in [0.1, 0.15) is 26.2 Å². The summed E-state index contributed by atoms with van der Waals surface area (Å²) in [6, 6.07) is 0.228. The molecule has 0 aromatic heterocycles. The van der Waals surface area contributed by atoms with Gasteiger partial charge in [-0.1, -0.05) is 0 Å². The first-order valence-electron chi connectivity index (χ1n) is 5.43. The fourth-order valence-electron chi connectivity index (χ4n) is 2.02. The molecule has 1 saturated heterocycles. The van der Waals surface area contributed by atoms with E-state index in [2.05, 4.69) is 10.3 Å². The van der Waals surface area contributed by atoms with Gasteiger partial charge >= 0.3 is 0 Å². The summed E-state index contributed by atoms with van der Waals surface area (Å²) in [5, 5.41) is 0. The molecule has 88 valence electrons. The molecule has 1 fully saturated rings. The van der Waals surface area contributed by atoms with Gasteiger partial charge in [0.05, 0.1) is 6.10 Å². The van der Waals surface area contributed by atoms with Gasteiger partial charge in [-0.2, -0.15) is 0 Å². The molecule has 5 heteroatoms. The molecule has 1 heterocycles. The second-order valence-electron chi connectivity index (χ2n) is 4.12. The van der Waals surface area contributed by atoms with E-state index >= 15 is 0 Å². The maximum Gasteiger partial charge on any atom is 0.235 e. The summed E-state index contributed by atoms with van der Waals surface area (Å²) < 4.78 is 5.34. The summed E-state index contributed by atoms with van der Waals surface area (Å²) in [6.45, 7) is 4.00. The van der Waals surface area contributed by atoms with Crippen molar-refractivity contribution in [3.63, 3.8) is 0 Å². The van der Waals surface area contributed by atoms with Crippen LogP contribution < -0.4 is 11.3 Å². The Balaban J connectivity index is 2.37. The van der Waals surface area contributed by atoms with E-state index in [9.17, 15) is 4.79 Å². The number of hydrogen-bond donors (Lipinski definition) is 2. The SMILES string of the molecule is COC1CCCN(C(C)CC(=O)NN)C1. The van der Waals surface area contributed by atoms with Crippen molar-refractivity contribution in [1.29, 1.82) is 0 Å². The second kappa shape index (κ2) is 6.05. The molecule has 5 nitrogen and oxygen atoms in total. The Bertz CT molecular complexity index is 211. The average molecular weight is 215 g/mol. The van der Waals surface area contributed by atoms with E-state index in [4.69, 9.17) is 10.6 Å². The zero-order valence-corrected chi connectivity index (χ0v) is 9.53.